The number of nitrogens with zero attached hydrogens (tertiary/aromatic N) is 3. The number of carbonyl (C=O) groups is 1. The number of ether oxygens (including phenoxy) is 1. The lowest BCUT2D eigenvalue weighted by Crippen LogP contribution is -2.56. The molecule has 0 unspecified atom stereocenters. The topological polar surface area (TPSA) is 59.4 Å². The summed E-state index contributed by atoms with van der Waals surface area (Å²) in [5, 5.41) is 7.69. The molecule has 0 saturated carbocycles. The van der Waals surface area contributed by atoms with Crippen LogP contribution in [0.25, 0.3) is 0 Å². The van der Waals surface area contributed by atoms with Crippen molar-refractivity contribution < 1.29 is 9.53 Å². The van der Waals surface area contributed by atoms with Gasteiger partial charge in [0.2, 0.25) is 0 Å². The Morgan fingerprint density at radius 1 is 1.35 bits per heavy atom. The molecule has 20 heavy (non-hydrogen) atoms. The van der Waals surface area contributed by atoms with E-state index in [0.717, 1.165) is 30.2 Å². The molecular weight excluding hydrogens is 256 g/mol. The van der Waals surface area contributed by atoms with Gasteiger partial charge in [-0.05, 0) is 27.7 Å². The van der Waals surface area contributed by atoms with Crippen LogP contribution in [0.4, 0.5) is 0 Å². The lowest BCUT2D eigenvalue weighted by molar-refractivity contribution is -0.135. The van der Waals surface area contributed by atoms with Gasteiger partial charge in [-0.3, -0.25) is 9.48 Å². The van der Waals surface area contributed by atoms with Crippen LogP contribution >= 0.6 is 0 Å². The summed E-state index contributed by atoms with van der Waals surface area (Å²) in [5.74, 6) is 0.755. The molecule has 1 fully saturated rings. The molecule has 0 aromatic carbocycles. The molecule has 2 rings (SSSR count). The standard InChI is InChI=1S/C14H24N4O2/c1-9-6-18(7-10(2)15-9)13(19)8-20-14-11(3)16-17(5)12(14)4/h9-10,15H,6-8H2,1-5H3/t9-,10+. The second-order valence-corrected chi connectivity index (χ2v) is 5.68. The predicted molar refractivity (Wildman–Crippen MR) is 76.8 cm³/mol. The smallest absolute Gasteiger partial charge is 0.260 e. The van der Waals surface area contributed by atoms with Crippen LogP contribution in [0.2, 0.25) is 0 Å². The quantitative estimate of drug-likeness (QED) is 0.882. The SMILES string of the molecule is Cc1nn(C)c(C)c1OCC(=O)N1C[C@@H](C)N[C@@H](C)C1. The molecule has 6 heteroatoms. The molecule has 1 aliphatic rings. The van der Waals surface area contributed by atoms with Gasteiger partial charge in [0.25, 0.3) is 5.91 Å². The van der Waals surface area contributed by atoms with E-state index in [0.29, 0.717) is 12.1 Å². The highest BCUT2D eigenvalue weighted by atomic mass is 16.5. The van der Waals surface area contributed by atoms with Crippen LogP contribution in [0.15, 0.2) is 0 Å². The predicted octanol–water partition coefficient (Wildman–Crippen LogP) is 0.625. The first-order valence-electron chi connectivity index (χ1n) is 7.05. The summed E-state index contributed by atoms with van der Waals surface area (Å²) in [5.41, 5.74) is 1.76. The van der Waals surface area contributed by atoms with E-state index in [1.807, 2.05) is 25.8 Å². The van der Waals surface area contributed by atoms with Gasteiger partial charge in [-0.1, -0.05) is 0 Å². The van der Waals surface area contributed by atoms with E-state index >= 15 is 0 Å². The number of rotatable bonds is 3. The molecule has 1 amide bonds. The van der Waals surface area contributed by atoms with E-state index in [4.69, 9.17) is 4.74 Å². The zero-order valence-electron chi connectivity index (χ0n) is 12.9. The van der Waals surface area contributed by atoms with Crippen LogP contribution in [0, 0.1) is 13.8 Å². The summed E-state index contributed by atoms with van der Waals surface area (Å²) in [6, 6.07) is 0.647. The molecule has 1 N–H and O–H groups in total. The minimum atomic E-state index is 0.0350. The Kier molecular flexibility index (Phi) is 4.32. The monoisotopic (exact) mass is 280 g/mol. The normalized spacial score (nSPS) is 22.9. The average Bonchev–Trinajstić information content (AvgIpc) is 2.60. The van der Waals surface area contributed by atoms with Crippen molar-refractivity contribution in [2.45, 2.75) is 39.8 Å². The van der Waals surface area contributed by atoms with Crippen molar-refractivity contribution in [3.05, 3.63) is 11.4 Å². The van der Waals surface area contributed by atoms with Gasteiger partial charge in [0.1, 0.15) is 5.69 Å². The van der Waals surface area contributed by atoms with E-state index in [9.17, 15) is 4.79 Å². The van der Waals surface area contributed by atoms with E-state index in [1.54, 1.807) is 4.68 Å². The number of piperazine rings is 1. The minimum Gasteiger partial charge on any atom is -0.480 e. The molecule has 0 bridgehead atoms. The van der Waals surface area contributed by atoms with Crippen LogP contribution < -0.4 is 10.1 Å². The van der Waals surface area contributed by atoms with Crippen molar-refractivity contribution in [3.8, 4) is 5.75 Å². The second-order valence-electron chi connectivity index (χ2n) is 5.68. The van der Waals surface area contributed by atoms with Crippen molar-refractivity contribution >= 4 is 5.91 Å². The maximum absolute atomic E-state index is 12.2. The number of aromatic nitrogens is 2. The van der Waals surface area contributed by atoms with E-state index in [1.165, 1.54) is 0 Å². The van der Waals surface area contributed by atoms with Crippen molar-refractivity contribution in [3.63, 3.8) is 0 Å². The Bertz CT molecular complexity index is 488. The Balaban J connectivity index is 1.95. The summed E-state index contributed by atoms with van der Waals surface area (Å²) in [4.78, 5) is 14.1. The lowest BCUT2D eigenvalue weighted by atomic mass is 10.1. The van der Waals surface area contributed by atoms with Crippen LogP contribution in [-0.2, 0) is 11.8 Å². The van der Waals surface area contributed by atoms with Gasteiger partial charge < -0.3 is 15.0 Å². The molecule has 1 saturated heterocycles. The third-order valence-corrected chi connectivity index (χ3v) is 3.69. The lowest BCUT2D eigenvalue weighted by Gasteiger charge is -2.36. The maximum Gasteiger partial charge on any atom is 0.260 e. The van der Waals surface area contributed by atoms with Crippen molar-refractivity contribution in [1.29, 1.82) is 0 Å². The summed E-state index contributed by atoms with van der Waals surface area (Å²) in [7, 11) is 1.87. The third kappa shape index (κ3) is 3.12. The van der Waals surface area contributed by atoms with Gasteiger partial charge in [0.15, 0.2) is 12.4 Å². The Morgan fingerprint density at radius 3 is 2.45 bits per heavy atom. The molecule has 0 radical (unpaired) electrons. The highest BCUT2D eigenvalue weighted by Crippen LogP contribution is 2.21. The molecule has 2 heterocycles. The van der Waals surface area contributed by atoms with Crippen LogP contribution in [0.1, 0.15) is 25.2 Å². The summed E-state index contributed by atoms with van der Waals surface area (Å²) < 4.78 is 7.45. The number of amides is 1. The zero-order chi connectivity index (χ0) is 14.9. The molecule has 1 aromatic rings. The van der Waals surface area contributed by atoms with Crippen molar-refractivity contribution in [2.75, 3.05) is 19.7 Å². The molecule has 6 nitrogen and oxygen atoms in total. The van der Waals surface area contributed by atoms with E-state index in [2.05, 4.69) is 24.3 Å². The molecule has 1 aromatic heterocycles. The second kappa shape index (κ2) is 5.83. The fourth-order valence-electron chi connectivity index (χ4n) is 2.72. The first kappa shape index (κ1) is 14.8. The summed E-state index contributed by atoms with van der Waals surface area (Å²) in [6.45, 7) is 9.55. The molecule has 1 aliphatic heterocycles. The molecule has 112 valence electrons. The van der Waals surface area contributed by atoms with E-state index in [-0.39, 0.29) is 12.5 Å². The minimum absolute atomic E-state index is 0.0350. The van der Waals surface area contributed by atoms with Gasteiger partial charge in [-0.15, -0.1) is 0 Å². The first-order chi connectivity index (χ1) is 9.38. The van der Waals surface area contributed by atoms with Crippen LogP contribution in [0.5, 0.6) is 5.75 Å². The number of hydrogen-bond acceptors (Lipinski definition) is 4. The highest BCUT2D eigenvalue weighted by Gasteiger charge is 2.25. The summed E-state index contributed by atoms with van der Waals surface area (Å²) in [6.07, 6.45) is 0. The molecule has 2 atom stereocenters. The maximum atomic E-state index is 12.2. The number of aryl methyl sites for hydroxylation is 2. The number of carbonyl (C=O) groups excluding carboxylic acids is 1. The van der Waals surface area contributed by atoms with Gasteiger partial charge in [0, 0.05) is 32.2 Å². The van der Waals surface area contributed by atoms with Gasteiger partial charge in [-0.25, -0.2) is 0 Å². The Hall–Kier alpha value is -1.56. The van der Waals surface area contributed by atoms with Gasteiger partial charge in [0.05, 0.1) is 5.69 Å². The third-order valence-electron chi connectivity index (χ3n) is 3.69. The van der Waals surface area contributed by atoms with Crippen molar-refractivity contribution in [1.82, 2.24) is 20.0 Å². The number of nitrogens with one attached hydrogen (secondary N) is 1. The fraction of sp³-hybridized carbons (Fsp3) is 0.714. The van der Waals surface area contributed by atoms with Crippen LogP contribution in [-0.4, -0.2) is 52.4 Å². The number of hydrogen-bond donors (Lipinski definition) is 1. The molecular formula is C14H24N4O2. The largest absolute Gasteiger partial charge is 0.480 e. The highest BCUT2D eigenvalue weighted by molar-refractivity contribution is 5.78. The zero-order valence-corrected chi connectivity index (χ0v) is 12.9. The van der Waals surface area contributed by atoms with E-state index < -0.39 is 0 Å². The fourth-order valence-corrected chi connectivity index (χ4v) is 2.72. The Labute approximate surface area is 120 Å². The van der Waals surface area contributed by atoms with Crippen LogP contribution in [0.3, 0.4) is 0 Å². The molecule has 0 spiro atoms. The summed E-state index contributed by atoms with van der Waals surface area (Å²) >= 11 is 0. The van der Waals surface area contributed by atoms with Gasteiger partial charge in [-0.2, -0.15) is 5.10 Å². The Morgan fingerprint density at radius 2 is 1.95 bits per heavy atom. The van der Waals surface area contributed by atoms with Crippen molar-refractivity contribution in [2.24, 2.45) is 7.05 Å². The first-order valence-corrected chi connectivity index (χ1v) is 7.05. The average molecular weight is 280 g/mol. The molecule has 0 aliphatic carbocycles. The van der Waals surface area contributed by atoms with Gasteiger partial charge >= 0.3 is 0 Å².